The average molecular weight is 888 g/mol. The molecular formula is C45H64BrClN4O5S. The number of amides is 1. The normalized spacial score (nSPS) is 15.3. The lowest BCUT2D eigenvalue weighted by Gasteiger charge is -2.37. The van der Waals surface area contributed by atoms with E-state index < -0.39 is 10.1 Å². The Morgan fingerprint density at radius 2 is 1.54 bits per heavy atom. The van der Waals surface area contributed by atoms with Crippen LogP contribution in [0.2, 0.25) is 5.02 Å². The largest absolute Gasteiger partial charge is 1.00 e. The molecule has 2 N–H and O–H groups in total. The zero-order valence-corrected chi connectivity index (χ0v) is 38.3. The summed E-state index contributed by atoms with van der Waals surface area (Å²) in [6.07, 6.45) is 10.3. The molecule has 0 saturated carbocycles. The summed E-state index contributed by atoms with van der Waals surface area (Å²) in [5.74, 6) is 0.359. The number of aryl methyl sites for hydroxylation is 3. The van der Waals surface area contributed by atoms with Crippen molar-refractivity contribution in [2.45, 2.75) is 124 Å². The number of likely N-dealkylation sites (tertiary alicyclic amines) is 1. The van der Waals surface area contributed by atoms with Crippen LogP contribution in [0.1, 0.15) is 111 Å². The first kappa shape index (κ1) is 50.0. The molecule has 1 aliphatic rings. The summed E-state index contributed by atoms with van der Waals surface area (Å²) < 4.78 is 30.4. The van der Waals surface area contributed by atoms with Gasteiger partial charge in [-0.2, -0.15) is 13.7 Å². The van der Waals surface area contributed by atoms with Crippen LogP contribution in [0.25, 0.3) is 0 Å². The predicted octanol–water partition coefficient (Wildman–Crippen LogP) is 6.49. The highest BCUT2D eigenvalue weighted by atomic mass is 79.9. The average Bonchev–Trinajstić information content (AvgIpc) is 3.16. The van der Waals surface area contributed by atoms with Crippen molar-refractivity contribution >= 4 is 39.1 Å². The fraction of sp³-hybridized carbons (Fsp3) is 0.533. The van der Waals surface area contributed by atoms with Crippen molar-refractivity contribution in [3.63, 3.8) is 0 Å². The quantitative estimate of drug-likeness (QED) is 0.0850. The lowest BCUT2D eigenvalue weighted by atomic mass is 9.94. The molecule has 12 heteroatoms. The van der Waals surface area contributed by atoms with Gasteiger partial charge in [0.05, 0.1) is 42.2 Å². The van der Waals surface area contributed by atoms with Gasteiger partial charge in [-0.25, -0.2) is 0 Å². The van der Waals surface area contributed by atoms with Crippen LogP contribution in [0, 0.1) is 45.9 Å². The molecule has 0 bridgehead atoms. The van der Waals surface area contributed by atoms with Crippen LogP contribution in [-0.4, -0.2) is 79.4 Å². The highest BCUT2D eigenvalue weighted by Crippen LogP contribution is 2.29. The van der Waals surface area contributed by atoms with Crippen molar-refractivity contribution in [2.24, 2.45) is 0 Å². The summed E-state index contributed by atoms with van der Waals surface area (Å²) in [6.45, 7) is 19.8. The van der Waals surface area contributed by atoms with Crippen molar-refractivity contribution in [3.8, 4) is 6.07 Å². The minimum absolute atomic E-state index is 0. The number of likely N-dealkylation sites (N-methyl/N-ethyl adjacent to an activating group) is 1. The maximum absolute atomic E-state index is 13.4. The first-order chi connectivity index (χ1) is 26.5. The van der Waals surface area contributed by atoms with E-state index in [2.05, 4.69) is 30.1 Å². The van der Waals surface area contributed by atoms with Crippen molar-refractivity contribution in [1.29, 1.82) is 5.26 Å². The van der Waals surface area contributed by atoms with Gasteiger partial charge in [-0.05, 0) is 145 Å². The summed E-state index contributed by atoms with van der Waals surface area (Å²) in [7, 11) is -4.02. The number of Topliss-reactive ketones (excluding diaryl/α,β-unsaturated/α-hetero) is 1. The molecule has 1 fully saturated rings. The number of anilines is 1. The van der Waals surface area contributed by atoms with E-state index in [0.717, 1.165) is 128 Å². The summed E-state index contributed by atoms with van der Waals surface area (Å²) in [5, 5.41) is 13.3. The summed E-state index contributed by atoms with van der Waals surface area (Å²) in [4.78, 5) is 29.0. The SMILES string of the molecule is CCC[N+](CC)(CCCCCCCN1CCCCC1C(=O)Nc1c(C)ccc(Cl)c1C)CC(=O)Cc1c(C)ccc(C#N)c1C.Cc1ccc(S(=O)(=O)O)cc1.[Br-]. The summed E-state index contributed by atoms with van der Waals surface area (Å²) >= 11 is 6.34. The Balaban J connectivity index is 0.000000803. The maximum Gasteiger partial charge on any atom is 0.294 e. The lowest BCUT2D eigenvalue weighted by molar-refractivity contribution is -0.919. The number of benzene rings is 3. The van der Waals surface area contributed by atoms with Crippen LogP contribution in [0.15, 0.2) is 53.4 Å². The number of hydrogen-bond donors (Lipinski definition) is 2. The Kier molecular flexibility index (Phi) is 21.1. The number of ketones is 1. The zero-order valence-electron chi connectivity index (χ0n) is 35.1. The number of halogens is 2. The second-order valence-electron chi connectivity index (χ2n) is 15.6. The van der Waals surface area contributed by atoms with Crippen LogP contribution >= 0.6 is 11.6 Å². The van der Waals surface area contributed by atoms with E-state index in [0.29, 0.717) is 23.6 Å². The number of rotatable bonds is 18. The Morgan fingerprint density at radius 3 is 2.18 bits per heavy atom. The number of carbonyl (C=O) groups is 2. The molecule has 2 atom stereocenters. The zero-order chi connectivity index (χ0) is 41.5. The first-order valence-corrected chi connectivity index (χ1v) is 22.1. The lowest BCUT2D eigenvalue weighted by Crippen LogP contribution is -3.00. The van der Waals surface area contributed by atoms with Crippen LogP contribution in [-0.2, 0) is 26.1 Å². The van der Waals surface area contributed by atoms with Crippen molar-refractivity contribution in [1.82, 2.24) is 4.90 Å². The highest BCUT2D eigenvalue weighted by molar-refractivity contribution is 7.85. The predicted molar refractivity (Wildman–Crippen MR) is 228 cm³/mol. The van der Waals surface area contributed by atoms with Crippen LogP contribution in [0.3, 0.4) is 0 Å². The van der Waals surface area contributed by atoms with Crippen molar-refractivity contribution in [2.75, 3.05) is 44.6 Å². The van der Waals surface area contributed by atoms with E-state index in [9.17, 15) is 23.3 Å². The minimum Gasteiger partial charge on any atom is -1.00 e. The maximum atomic E-state index is 13.4. The topological polar surface area (TPSA) is 128 Å². The molecule has 314 valence electrons. The number of nitriles is 1. The van der Waals surface area contributed by atoms with E-state index in [4.69, 9.17) is 16.2 Å². The Hall–Kier alpha value is -3.11. The molecule has 1 aliphatic heterocycles. The van der Waals surface area contributed by atoms with Crippen molar-refractivity contribution < 1.29 is 44.0 Å². The number of carbonyl (C=O) groups excluding carboxylic acids is 2. The molecule has 3 aromatic rings. The number of quaternary nitrogens is 1. The van der Waals surface area contributed by atoms with Gasteiger partial charge in [0.15, 0.2) is 5.78 Å². The monoisotopic (exact) mass is 886 g/mol. The second kappa shape index (κ2) is 24.1. The first-order valence-electron chi connectivity index (χ1n) is 20.3. The van der Waals surface area contributed by atoms with Crippen LogP contribution in [0.4, 0.5) is 5.69 Å². The third-order valence-corrected chi connectivity index (χ3v) is 12.7. The molecule has 0 spiro atoms. The van der Waals surface area contributed by atoms with Gasteiger partial charge in [-0.3, -0.25) is 19.0 Å². The number of nitrogens with zero attached hydrogens (tertiary/aromatic N) is 3. The van der Waals surface area contributed by atoms with Crippen molar-refractivity contribution in [3.05, 3.63) is 92.5 Å². The molecule has 4 rings (SSSR count). The van der Waals surface area contributed by atoms with E-state index in [1.54, 1.807) is 12.1 Å². The number of hydrogen-bond acceptors (Lipinski definition) is 6. The van der Waals surface area contributed by atoms with Gasteiger partial charge in [-0.15, -0.1) is 0 Å². The smallest absolute Gasteiger partial charge is 0.294 e. The standard InChI is InChI=1S/C38H55ClN4O2.C7H8O3S.BrH/c1-7-23-43(8-2,27-33(44)25-34-28(3)17-19-32(26-40)30(34)5)24-15-11-9-10-13-21-42-22-14-12-16-36(42)38(45)41-37-29(4)18-20-35(39)31(37)6;1-6-2-4-7(5-3-6)11(8,9)10;/h17-20,36H,7-16,21-25,27H2,1-6H3;2-5H,1H3,(H,8,9,10);1H. The second-order valence-corrected chi connectivity index (χ2v) is 17.4. The number of piperidine rings is 1. The van der Waals surface area contributed by atoms with Gasteiger partial charge in [-0.1, -0.05) is 67.6 Å². The van der Waals surface area contributed by atoms with E-state index >= 15 is 0 Å². The van der Waals surface area contributed by atoms with Gasteiger partial charge in [0.2, 0.25) is 5.91 Å². The van der Waals surface area contributed by atoms with Gasteiger partial charge in [0.25, 0.3) is 10.1 Å². The van der Waals surface area contributed by atoms with Gasteiger partial charge in [0.1, 0.15) is 6.54 Å². The molecule has 57 heavy (non-hydrogen) atoms. The molecule has 9 nitrogen and oxygen atoms in total. The molecule has 1 heterocycles. The van der Waals surface area contributed by atoms with E-state index in [1.165, 1.54) is 18.6 Å². The fourth-order valence-corrected chi connectivity index (χ4v) is 8.50. The van der Waals surface area contributed by atoms with Crippen LogP contribution < -0.4 is 22.3 Å². The minimum atomic E-state index is -4.02. The Bertz CT molecular complexity index is 1930. The molecule has 0 aromatic heterocycles. The fourth-order valence-electron chi connectivity index (χ4n) is 7.86. The molecule has 1 saturated heterocycles. The summed E-state index contributed by atoms with van der Waals surface area (Å²) in [5.41, 5.74) is 7.49. The molecule has 1 amide bonds. The molecule has 0 radical (unpaired) electrons. The van der Waals surface area contributed by atoms with E-state index in [1.807, 2.05) is 58.9 Å². The number of nitrogens with one attached hydrogen (secondary N) is 1. The summed E-state index contributed by atoms with van der Waals surface area (Å²) in [6, 6.07) is 15.8. The van der Waals surface area contributed by atoms with E-state index in [-0.39, 0.29) is 39.6 Å². The molecular weight excluding hydrogens is 824 g/mol. The van der Waals surface area contributed by atoms with Gasteiger partial charge in [0, 0.05) is 17.1 Å². The third kappa shape index (κ3) is 15.2. The molecule has 0 aliphatic carbocycles. The van der Waals surface area contributed by atoms with Gasteiger partial charge < -0.3 is 26.8 Å². The van der Waals surface area contributed by atoms with Crippen LogP contribution in [0.5, 0.6) is 0 Å². The highest BCUT2D eigenvalue weighted by Gasteiger charge is 2.30. The van der Waals surface area contributed by atoms with Gasteiger partial charge >= 0.3 is 0 Å². The Morgan fingerprint density at radius 1 is 0.895 bits per heavy atom. The Labute approximate surface area is 358 Å². The molecule has 3 aromatic carbocycles. The molecule has 2 unspecified atom stereocenters. The number of unbranched alkanes of at least 4 members (excludes halogenated alkanes) is 4. The third-order valence-electron chi connectivity index (χ3n) is 11.4.